The smallest absolute Gasteiger partial charge is 0.320 e. The molecule has 1 aromatic carbocycles. The number of nitrogens with one attached hydrogen (secondary N) is 2. The molecule has 0 radical (unpaired) electrons. The Balaban J connectivity index is 2.96. The Morgan fingerprint density at radius 3 is 2.14 bits per heavy atom. The largest absolute Gasteiger partial charge is 0.321 e. The standard InChI is InChI=1S/C14H15F4N3O/c1-12(13(2,15)16,14(3,17)18)21-11(22)20-10-6-4-5-9(7-10)8-19/h4-7H,1-3H3,(H2,20,21,22). The van der Waals surface area contributed by atoms with E-state index < -0.39 is 23.4 Å². The second-order valence-corrected chi connectivity index (χ2v) is 5.17. The van der Waals surface area contributed by atoms with Gasteiger partial charge in [0, 0.05) is 19.5 Å². The fraction of sp³-hybridized carbons (Fsp3) is 0.429. The Morgan fingerprint density at radius 2 is 1.68 bits per heavy atom. The summed E-state index contributed by atoms with van der Waals surface area (Å²) in [6.45, 7) is 1.18. The molecule has 0 fully saturated rings. The van der Waals surface area contributed by atoms with Crippen molar-refractivity contribution in [1.82, 2.24) is 5.32 Å². The van der Waals surface area contributed by atoms with E-state index in [0.717, 1.165) is 0 Å². The van der Waals surface area contributed by atoms with Gasteiger partial charge in [0.15, 0.2) is 5.54 Å². The Bertz CT molecular complexity index is 585. The molecule has 8 heteroatoms. The van der Waals surface area contributed by atoms with E-state index >= 15 is 0 Å². The van der Waals surface area contributed by atoms with Crippen molar-refractivity contribution in [2.24, 2.45) is 0 Å². The maximum Gasteiger partial charge on any atom is 0.320 e. The number of hydrogen-bond donors (Lipinski definition) is 2. The number of nitriles is 1. The molecule has 0 bridgehead atoms. The van der Waals surface area contributed by atoms with E-state index in [0.29, 0.717) is 20.8 Å². The number of rotatable bonds is 4. The first-order valence-corrected chi connectivity index (χ1v) is 6.26. The molecular formula is C14H15F4N3O. The van der Waals surface area contributed by atoms with Crippen molar-refractivity contribution in [3.8, 4) is 6.07 Å². The van der Waals surface area contributed by atoms with Crippen molar-refractivity contribution in [3.63, 3.8) is 0 Å². The number of carbonyl (C=O) groups excluding carboxylic acids is 1. The van der Waals surface area contributed by atoms with Gasteiger partial charge in [0.1, 0.15) is 0 Å². The lowest BCUT2D eigenvalue weighted by Gasteiger charge is -2.40. The minimum atomic E-state index is -3.86. The Labute approximate surface area is 125 Å². The van der Waals surface area contributed by atoms with Crippen LogP contribution in [0, 0.1) is 11.3 Å². The number of amides is 2. The summed E-state index contributed by atoms with van der Waals surface area (Å²) in [6.07, 6.45) is 0. The SMILES string of the molecule is CC(F)(F)C(C)(NC(=O)Nc1cccc(C#N)c1)C(C)(F)F. The Morgan fingerprint density at radius 1 is 1.14 bits per heavy atom. The second-order valence-electron chi connectivity index (χ2n) is 5.17. The van der Waals surface area contributed by atoms with Crippen LogP contribution in [0.5, 0.6) is 0 Å². The summed E-state index contributed by atoms with van der Waals surface area (Å²) in [7, 11) is 0. The van der Waals surface area contributed by atoms with E-state index in [9.17, 15) is 22.4 Å². The van der Waals surface area contributed by atoms with E-state index in [-0.39, 0.29) is 11.3 Å². The van der Waals surface area contributed by atoms with Gasteiger partial charge in [-0.05, 0) is 25.1 Å². The molecule has 0 saturated carbocycles. The van der Waals surface area contributed by atoms with Crippen LogP contribution in [-0.2, 0) is 0 Å². The molecule has 22 heavy (non-hydrogen) atoms. The zero-order chi connectivity index (χ0) is 17.2. The molecule has 2 N–H and O–H groups in total. The molecule has 1 rings (SSSR count). The van der Waals surface area contributed by atoms with Gasteiger partial charge in [-0.2, -0.15) is 5.26 Å². The predicted molar refractivity (Wildman–Crippen MR) is 73.0 cm³/mol. The highest BCUT2D eigenvalue weighted by Gasteiger charge is 2.61. The number of halogens is 4. The van der Waals surface area contributed by atoms with Crippen molar-refractivity contribution in [2.45, 2.75) is 38.2 Å². The van der Waals surface area contributed by atoms with Crippen LogP contribution in [-0.4, -0.2) is 23.4 Å². The summed E-state index contributed by atoms with van der Waals surface area (Å²) in [5.41, 5.74) is -2.73. The number of urea groups is 1. The molecule has 0 aliphatic carbocycles. The average Bonchev–Trinajstić information content (AvgIpc) is 2.36. The van der Waals surface area contributed by atoms with E-state index in [1.54, 1.807) is 5.32 Å². The van der Waals surface area contributed by atoms with Crippen molar-refractivity contribution in [2.75, 3.05) is 5.32 Å². The van der Waals surface area contributed by atoms with E-state index in [2.05, 4.69) is 5.32 Å². The van der Waals surface area contributed by atoms with Crippen molar-refractivity contribution >= 4 is 11.7 Å². The zero-order valence-electron chi connectivity index (χ0n) is 12.2. The molecule has 0 aliphatic rings. The summed E-state index contributed by atoms with van der Waals surface area (Å²) in [4.78, 5) is 11.7. The molecule has 4 nitrogen and oxygen atoms in total. The first-order chi connectivity index (χ1) is 9.90. The number of anilines is 1. The summed E-state index contributed by atoms with van der Waals surface area (Å²) < 4.78 is 54.1. The topological polar surface area (TPSA) is 64.9 Å². The van der Waals surface area contributed by atoms with Gasteiger partial charge in [0.25, 0.3) is 11.8 Å². The summed E-state index contributed by atoms with van der Waals surface area (Å²) in [5, 5.41) is 12.5. The van der Waals surface area contributed by atoms with Crippen molar-refractivity contribution in [1.29, 1.82) is 5.26 Å². The van der Waals surface area contributed by atoms with Gasteiger partial charge in [-0.3, -0.25) is 0 Å². The van der Waals surface area contributed by atoms with Gasteiger partial charge < -0.3 is 10.6 Å². The van der Waals surface area contributed by atoms with E-state index in [1.807, 2.05) is 6.07 Å². The fourth-order valence-electron chi connectivity index (χ4n) is 1.66. The first-order valence-electron chi connectivity index (χ1n) is 6.26. The second kappa shape index (κ2) is 5.83. The van der Waals surface area contributed by atoms with Gasteiger partial charge in [-0.15, -0.1) is 0 Å². The van der Waals surface area contributed by atoms with Crippen LogP contribution < -0.4 is 10.6 Å². The maximum absolute atomic E-state index is 13.5. The molecule has 120 valence electrons. The van der Waals surface area contributed by atoms with Crippen LogP contribution in [0.2, 0.25) is 0 Å². The molecule has 0 atom stereocenters. The third-order valence-corrected chi connectivity index (χ3v) is 3.37. The normalized spacial score (nSPS) is 12.5. The number of hydrogen-bond acceptors (Lipinski definition) is 2. The average molecular weight is 317 g/mol. The molecule has 0 saturated heterocycles. The molecule has 0 spiro atoms. The van der Waals surface area contributed by atoms with E-state index in [1.165, 1.54) is 24.3 Å². The van der Waals surface area contributed by atoms with E-state index in [4.69, 9.17) is 5.26 Å². The minimum Gasteiger partial charge on any atom is -0.321 e. The number of alkyl halides is 4. The number of benzene rings is 1. The quantitative estimate of drug-likeness (QED) is 0.831. The highest BCUT2D eigenvalue weighted by molar-refractivity contribution is 5.90. The molecule has 0 aromatic heterocycles. The van der Waals surface area contributed by atoms with Gasteiger partial charge in [-0.25, -0.2) is 22.4 Å². The Hall–Kier alpha value is -2.30. The summed E-state index contributed by atoms with van der Waals surface area (Å²) >= 11 is 0. The zero-order valence-corrected chi connectivity index (χ0v) is 12.2. The lowest BCUT2D eigenvalue weighted by molar-refractivity contribution is -0.173. The minimum absolute atomic E-state index is 0.123. The van der Waals surface area contributed by atoms with Crippen molar-refractivity contribution in [3.05, 3.63) is 29.8 Å². The molecule has 0 aliphatic heterocycles. The molecule has 0 heterocycles. The van der Waals surface area contributed by atoms with Gasteiger partial charge >= 0.3 is 6.03 Å². The predicted octanol–water partition coefficient (Wildman–Crippen LogP) is 3.75. The van der Waals surface area contributed by atoms with Crippen LogP contribution in [0.1, 0.15) is 26.3 Å². The Kier molecular flexibility index (Phi) is 4.70. The van der Waals surface area contributed by atoms with Gasteiger partial charge in [0.05, 0.1) is 11.6 Å². The number of nitrogens with zero attached hydrogens (tertiary/aromatic N) is 1. The van der Waals surface area contributed by atoms with Crippen LogP contribution in [0.25, 0.3) is 0 Å². The van der Waals surface area contributed by atoms with Crippen LogP contribution in [0.15, 0.2) is 24.3 Å². The lowest BCUT2D eigenvalue weighted by Crippen LogP contribution is -2.67. The highest BCUT2D eigenvalue weighted by Crippen LogP contribution is 2.40. The summed E-state index contributed by atoms with van der Waals surface area (Å²) in [6, 6.07) is 6.20. The fourth-order valence-corrected chi connectivity index (χ4v) is 1.66. The molecule has 0 unspecified atom stereocenters. The third-order valence-electron chi connectivity index (χ3n) is 3.37. The van der Waals surface area contributed by atoms with Crippen LogP contribution in [0.3, 0.4) is 0 Å². The third kappa shape index (κ3) is 3.67. The summed E-state index contributed by atoms with van der Waals surface area (Å²) in [5.74, 6) is -7.73. The lowest BCUT2D eigenvalue weighted by atomic mass is 9.88. The highest BCUT2D eigenvalue weighted by atomic mass is 19.3. The monoisotopic (exact) mass is 317 g/mol. The van der Waals surface area contributed by atoms with Crippen LogP contribution in [0.4, 0.5) is 28.0 Å². The van der Waals surface area contributed by atoms with Crippen LogP contribution >= 0.6 is 0 Å². The van der Waals surface area contributed by atoms with Gasteiger partial charge in [-0.1, -0.05) is 6.07 Å². The molecule has 1 aromatic rings. The maximum atomic E-state index is 13.5. The first kappa shape index (κ1) is 17.8. The van der Waals surface area contributed by atoms with Crippen molar-refractivity contribution < 1.29 is 22.4 Å². The number of carbonyl (C=O) groups is 1. The molecular weight excluding hydrogens is 302 g/mol. The molecule has 2 amide bonds. The van der Waals surface area contributed by atoms with Gasteiger partial charge in [0.2, 0.25) is 0 Å².